The maximum absolute atomic E-state index is 13.4. The van der Waals surface area contributed by atoms with Crippen LogP contribution < -0.4 is 0 Å². The van der Waals surface area contributed by atoms with Gasteiger partial charge in [0.25, 0.3) is 0 Å². The van der Waals surface area contributed by atoms with E-state index in [1.54, 1.807) is 0 Å². The van der Waals surface area contributed by atoms with Crippen LogP contribution in [0.25, 0.3) is 11.4 Å². The molecule has 1 aromatic carbocycles. The van der Waals surface area contributed by atoms with Crippen molar-refractivity contribution in [2.45, 2.75) is 58.3 Å². The van der Waals surface area contributed by atoms with Gasteiger partial charge in [-0.3, -0.25) is 0 Å². The molecule has 1 aliphatic rings. The number of halogens is 2. The zero-order valence-corrected chi connectivity index (χ0v) is 16.0. The van der Waals surface area contributed by atoms with Gasteiger partial charge in [0.2, 0.25) is 0 Å². The van der Waals surface area contributed by atoms with Crippen molar-refractivity contribution in [2.24, 2.45) is 11.8 Å². The molecule has 0 atom stereocenters. The SMILES string of the molecule is CCCC=C[C@H]1CC[C@H](CCc2cnc(-c3ccc(F)c(F)c3)nc2)CC1. The maximum atomic E-state index is 13.4. The standard InChI is InChI=1S/C23H28F2N2/c1-2-3-4-5-17-6-8-18(9-7-17)10-11-19-15-26-23(27-16-19)20-12-13-21(24)22(25)14-20/h4-5,12-18H,2-3,6-11H2,1H3/t17-,18-. The highest BCUT2D eigenvalue weighted by molar-refractivity contribution is 5.54. The number of allylic oxidation sites excluding steroid dienone is 2. The van der Waals surface area contributed by atoms with Crippen LogP contribution in [0, 0.1) is 23.5 Å². The molecule has 27 heavy (non-hydrogen) atoms. The molecule has 1 saturated carbocycles. The minimum Gasteiger partial charge on any atom is -0.236 e. The molecule has 1 aliphatic carbocycles. The van der Waals surface area contributed by atoms with Gasteiger partial charge in [-0.25, -0.2) is 18.7 Å². The summed E-state index contributed by atoms with van der Waals surface area (Å²) in [7, 11) is 0. The second-order valence-electron chi connectivity index (χ2n) is 7.58. The molecule has 0 bridgehead atoms. The molecular weight excluding hydrogens is 342 g/mol. The number of rotatable bonds is 7. The van der Waals surface area contributed by atoms with Crippen molar-refractivity contribution in [3.63, 3.8) is 0 Å². The number of benzene rings is 1. The van der Waals surface area contributed by atoms with Gasteiger partial charge in [-0.1, -0.05) is 25.5 Å². The average molecular weight is 370 g/mol. The van der Waals surface area contributed by atoms with Crippen LogP contribution in [0.1, 0.15) is 57.4 Å². The number of aryl methyl sites for hydroxylation is 1. The Hall–Kier alpha value is -2.10. The van der Waals surface area contributed by atoms with Crippen molar-refractivity contribution in [3.05, 3.63) is 59.9 Å². The van der Waals surface area contributed by atoms with Gasteiger partial charge >= 0.3 is 0 Å². The summed E-state index contributed by atoms with van der Waals surface area (Å²) in [6.45, 7) is 2.22. The molecule has 0 spiro atoms. The summed E-state index contributed by atoms with van der Waals surface area (Å²) in [6, 6.07) is 3.74. The fourth-order valence-electron chi connectivity index (χ4n) is 3.76. The van der Waals surface area contributed by atoms with E-state index in [0.717, 1.165) is 36.0 Å². The third kappa shape index (κ3) is 5.69. The fourth-order valence-corrected chi connectivity index (χ4v) is 3.76. The van der Waals surface area contributed by atoms with Crippen LogP contribution in [0.3, 0.4) is 0 Å². The second-order valence-corrected chi connectivity index (χ2v) is 7.58. The third-order valence-electron chi connectivity index (χ3n) is 5.48. The Bertz CT molecular complexity index is 747. The van der Waals surface area contributed by atoms with Crippen molar-refractivity contribution in [1.29, 1.82) is 0 Å². The van der Waals surface area contributed by atoms with Crippen LogP contribution >= 0.6 is 0 Å². The molecule has 2 nitrogen and oxygen atoms in total. The molecule has 1 fully saturated rings. The minimum absolute atomic E-state index is 0.428. The summed E-state index contributed by atoms with van der Waals surface area (Å²) in [6.07, 6.45) is 18.1. The quantitative estimate of drug-likeness (QED) is 0.519. The largest absolute Gasteiger partial charge is 0.236 e. The van der Waals surface area contributed by atoms with Gasteiger partial charge in [-0.2, -0.15) is 0 Å². The lowest BCUT2D eigenvalue weighted by Gasteiger charge is -2.26. The Morgan fingerprint density at radius 1 is 1.04 bits per heavy atom. The highest BCUT2D eigenvalue weighted by Gasteiger charge is 2.19. The van der Waals surface area contributed by atoms with Crippen molar-refractivity contribution in [3.8, 4) is 11.4 Å². The molecular formula is C23H28F2N2. The normalized spacial score (nSPS) is 20.3. The number of aromatic nitrogens is 2. The van der Waals surface area contributed by atoms with E-state index in [2.05, 4.69) is 29.0 Å². The van der Waals surface area contributed by atoms with Crippen LogP contribution in [-0.2, 0) is 6.42 Å². The zero-order valence-electron chi connectivity index (χ0n) is 16.0. The average Bonchev–Trinajstić information content (AvgIpc) is 2.70. The van der Waals surface area contributed by atoms with Gasteiger partial charge in [-0.05, 0) is 80.5 Å². The minimum atomic E-state index is -0.875. The Balaban J connectivity index is 1.47. The van der Waals surface area contributed by atoms with E-state index in [-0.39, 0.29) is 0 Å². The second kappa shape index (κ2) is 9.72. The monoisotopic (exact) mass is 370 g/mol. The van der Waals surface area contributed by atoms with Gasteiger partial charge in [-0.15, -0.1) is 0 Å². The summed E-state index contributed by atoms with van der Waals surface area (Å²) in [5.41, 5.74) is 1.60. The van der Waals surface area contributed by atoms with Crippen molar-refractivity contribution < 1.29 is 8.78 Å². The molecule has 0 unspecified atom stereocenters. The van der Waals surface area contributed by atoms with Crippen LogP contribution in [0.5, 0.6) is 0 Å². The van der Waals surface area contributed by atoms with E-state index in [0.29, 0.717) is 11.4 Å². The van der Waals surface area contributed by atoms with E-state index in [9.17, 15) is 8.78 Å². The first-order valence-corrected chi connectivity index (χ1v) is 10.1. The molecule has 3 rings (SSSR count). The Morgan fingerprint density at radius 2 is 1.78 bits per heavy atom. The fraction of sp³-hybridized carbons (Fsp3) is 0.478. The van der Waals surface area contributed by atoms with Gasteiger partial charge in [0.15, 0.2) is 17.5 Å². The van der Waals surface area contributed by atoms with Gasteiger partial charge in [0, 0.05) is 18.0 Å². The molecule has 0 amide bonds. The smallest absolute Gasteiger partial charge is 0.159 e. The zero-order chi connectivity index (χ0) is 19.1. The third-order valence-corrected chi connectivity index (χ3v) is 5.48. The first kappa shape index (κ1) is 19.7. The maximum Gasteiger partial charge on any atom is 0.159 e. The number of nitrogens with zero attached hydrogens (tertiary/aromatic N) is 2. The molecule has 0 saturated heterocycles. The molecule has 0 radical (unpaired) electrons. The highest BCUT2D eigenvalue weighted by Crippen LogP contribution is 2.32. The number of hydrogen-bond acceptors (Lipinski definition) is 2. The van der Waals surface area contributed by atoms with Crippen molar-refractivity contribution in [1.82, 2.24) is 9.97 Å². The lowest BCUT2D eigenvalue weighted by molar-refractivity contribution is 0.296. The van der Waals surface area contributed by atoms with E-state index in [4.69, 9.17) is 0 Å². The van der Waals surface area contributed by atoms with E-state index in [1.807, 2.05) is 12.4 Å². The summed E-state index contributed by atoms with van der Waals surface area (Å²) in [4.78, 5) is 8.66. The summed E-state index contributed by atoms with van der Waals surface area (Å²) in [5.74, 6) is 0.251. The van der Waals surface area contributed by atoms with Crippen LogP contribution in [-0.4, -0.2) is 9.97 Å². The predicted molar refractivity (Wildman–Crippen MR) is 105 cm³/mol. The molecule has 1 heterocycles. The molecule has 144 valence electrons. The summed E-state index contributed by atoms with van der Waals surface area (Å²) >= 11 is 0. The molecule has 0 N–H and O–H groups in total. The van der Waals surface area contributed by atoms with E-state index in [1.165, 1.54) is 51.0 Å². The van der Waals surface area contributed by atoms with Crippen molar-refractivity contribution >= 4 is 0 Å². The topological polar surface area (TPSA) is 25.8 Å². The Kier molecular flexibility index (Phi) is 7.08. The first-order chi connectivity index (χ1) is 13.2. The lowest BCUT2D eigenvalue weighted by Crippen LogP contribution is -2.13. The van der Waals surface area contributed by atoms with E-state index < -0.39 is 11.6 Å². The molecule has 1 aromatic heterocycles. The number of hydrogen-bond donors (Lipinski definition) is 0. The van der Waals surface area contributed by atoms with Gasteiger partial charge < -0.3 is 0 Å². The molecule has 0 aliphatic heterocycles. The molecule has 4 heteroatoms. The van der Waals surface area contributed by atoms with Gasteiger partial charge in [0.05, 0.1) is 0 Å². The predicted octanol–water partition coefficient (Wildman–Crippen LogP) is 6.52. The first-order valence-electron chi connectivity index (χ1n) is 10.1. The van der Waals surface area contributed by atoms with Gasteiger partial charge in [0.1, 0.15) is 0 Å². The number of unbranched alkanes of at least 4 members (excludes halogenated alkanes) is 1. The Labute approximate surface area is 160 Å². The lowest BCUT2D eigenvalue weighted by atomic mass is 9.79. The Morgan fingerprint density at radius 3 is 2.44 bits per heavy atom. The van der Waals surface area contributed by atoms with Crippen LogP contribution in [0.2, 0.25) is 0 Å². The summed E-state index contributed by atoms with van der Waals surface area (Å²) < 4.78 is 26.4. The molecule has 2 aromatic rings. The highest BCUT2D eigenvalue weighted by atomic mass is 19.2. The van der Waals surface area contributed by atoms with Crippen LogP contribution in [0.15, 0.2) is 42.7 Å². The van der Waals surface area contributed by atoms with Crippen molar-refractivity contribution in [2.75, 3.05) is 0 Å². The van der Waals surface area contributed by atoms with Crippen LogP contribution in [0.4, 0.5) is 8.78 Å². The van der Waals surface area contributed by atoms with E-state index >= 15 is 0 Å². The summed E-state index contributed by atoms with van der Waals surface area (Å²) in [5, 5.41) is 0.